The minimum Gasteiger partial charge on any atom is -0.385 e. The van der Waals surface area contributed by atoms with Crippen molar-refractivity contribution in [1.82, 2.24) is 19.5 Å². The van der Waals surface area contributed by atoms with Crippen LogP contribution in [0, 0.1) is 0 Å². The molecular formula is C13H19N5. The molecule has 1 fully saturated rings. The van der Waals surface area contributed by atoms with Crippen molar-refractivity contribution in [2.75, 3.05) is 18.8 Å². The van der Waals surface area contributed by atoms with Crippen LogP contribution in [0.25, 0.3) is 5.65 Å². The molecule has 0 spiro atoms. The smallest absolute Gasteiger partial charge is 0.162 e. The first-order valence-electron chi connectivity index (χ1n) is 6.62. The predicted molar refractivity (Wildman–Crippen MR) is 71.4 cm³/mol. The number of anilines is 1. The van der Waals surface area contributed by atoms with E-state index in [2.05, 4.69) is 22.0 Å². The summed E-state index contributed by atoms with van der Waals surface area (Å²) in [5.41, 5.74) is 6.85. The fraction of sp³-hybridized carbons (Fsp3) is 0.538. The monoisotopic (exact) mass is 245 g/mol. The van der Waals surface area contributed by atoms with Crippen molar-refractivity contribution in [2.45, 2.75) is 32.2 Å². The minimum absolute atomic E-state index is 0.585. The van der Waals surface area contributed by atoms with Crippen LogP contribution in [0.1, 0.15) is 25.6 Å². The average Bonchev–Trinajstić information content (AvgIpc) is 2.97. The number of nitrogens with two attached hydrogens (primary N) is 1. The van der Waals surface area contributed by atoms with Gasteiger partial charge in [-0.3, -0.25) is 4.40 Å². The van der Waals surface area contributed by atoms with Gasteiger partial charge in [-0.15, -0.1) is 10.2 Å². The van der Waals surface area contributed by atoms with Gasteiger partial charge in [-0.1, -0.05) is 13.0 Å². The quantitative estimate of drug-likeness (QED) is 0.886. The van der Waals surface area contributed by atoms with E-state index in [1.165, 1.54) is 19.4 Å². The lowest BCUT2D eigenvalue weighted by Gasteiger charge is -2.21. The van der Waals surface area contributed by atoms with Crippen LogP contribution >= 0.6 is 0 Å². The predicted octanol–water partition coefficient (Wildman–Crippen LogP) is 1.34. The van der Waals surface area contributed by atoms with Gasteiger partial charge in [-0.25, -0.2) is 0 Å². The second-order valence-electron chi connectivity index (χ2n) is 4.89. The molecule has 3 heterocycles. The Morgan fingerprint density at radius 3 is 3.11 bits per heavy atom. The Hall–Kier alpha value is -1.62. The zero-order chi connectivity index (χ0) is 12.5. The summed E-state index contributed by atoms with van der Waals surface area (Å²) in [6.45, 7) is 4.53. The van der Waals surface area contributed by atoms with Gasteiger partial charge in [-0.05, 0) is 38.1 Å². The number of nitrogens with zero attached hydrogens (tertiary/aromatic N) is 4. The lowest BCUT2D eigenvalue weighted by Crippen LogP contribution is -2.31. The number of rotatable bonds is 3. The number of hydrogen-bond acceptors (Lipinski definition) is 4. The van der Waals surface area contributed by atoms with Gasteiger partial charge >= 0.3 is 0 Å². The third-order valence-electron chi connectivity index (χ3n) is 3.85. The van der Waals surface area contributed by atoms with Gasteiger partial charge in [0.25, 0.3) is 0 Å². The first-order valence-corrected chi connectivity index (χ1v) is 6.62. The summed E-state index contributed by atoms with van der Waals surface area (Å²) in [6.07, 6.45) is 3.46. The minimum atomic E-state index is 0.585. The maximum atomic E-state index is 6.01. The highest BCUT2D eigenvalue weighted by Crippen LogP contribution is 2.21. The number of likely N-dealkylation sites (N-methyl/N-ethyl adjacent to an activating group) is 1. The number of hydrogen-bond donors (Lipinski definition) is 1. The van der Waals surface area contributed by atoms with Gasteiger partial charge in [0, 0.05) is 12.5 Å². The van der Waals surface area contributed by atoms with Crippen molar-refractivity contribution in [3.05, 3.63) is 24.0 Å². The molecule has 1 unspecified atom stereocenters. The summed E-state index contributed by atoms with van der Waals surface area (Å²) in [6, 6.07) is 6.34. The van der Waals surface area contributed by atoms with Crippen molar-refractivity contribution >= 4 is 11.5 Å². The van der Waals surface area contributed by atoms with Crippen LogP contribution in [-0.4, -0.2) is 38.6 Å². The zero-order valence-electron chi connectivity index (χ0n) is 10.7. The van der Waals surface area contributed by atoms with Crippen LogP contribution < -0.4 is 5.73 Å². The number of aromatic nitrogens is 3. The summed E-state index contributed by atoms with van der Waals surface area (Å²) in [5.74, 6) is 1.70. The van der Waals surface area contributed by atoms with Gasteiger partial charge in [0.2, 0.25) is 0 Å². The Morgan fingerprint density at radius 2 is 2.28 bits per heavy atom. The normalized spacial score (nSPS) is 20.8. The molecule has 0 bridgehead atoms. The molecule has 0 saturated carbocycles. The molecule has 2 aromatic rings. The molecule has 0 aromatic carbocycles. The average molecular weight is 245 g/mol. The fourth-order valence-electron chi connectivity index (χ4n) is 2.91. The van der Waals surface area contributed by atoms with E-state index in [0.717, 1.165) is 24.4 Å². The molecule has 1 atom stereocenters. The van der Waals surface area contributed by atoms with Crippen LogP contribution in [0.5, 0.6) is 0 Å². The number of fused-ring (bicyclic) bond motifs is 1. The van der Waals surface area contributed by atoms with E-state index in [1.807, 2.05) is 22.6 Å². The summed E-state index contributed by atoms with van der Waals surface area (Å²) >= 11 is 0. The summed E-state index contributed by atoms with van der Waals surface area (Å²) in [4.78, 5) is 2.51. The third kappa shape index (κ3) is 1.84. The van der Waals surface area contributed by atoms with Crippen LogP contribution in [0.4, 0.5) is 5.82 Å². The molecule has 1 aliphatic heterocycles. The van der Waals surface area contributed by atoms with E-state index in [1.54, 1.807) is 0 Å². The Labute approximate surface area is 107 Å². The maximum Gasteiger partial charge on any atom is 0.162 e. The van der Waals surface area contributed by atoms with E-state index in [-0.39, 0.29) is 0 Å². The molecule has 0 amide bonds. The molecule has 1 aliphatic rings. The molecule has 5 nitrogen and oxygen atoms in total. The van der Waals surface area contributed by atoms with Crippen molar-refractivity contribution in [2.24, 2.45) is 0 Å². The highest BCUT2D eigenvalue weighted by molar-refractivity contribution is 5.47. The molecule has 96 valence electrons. The van der Waals surface area contributed by atoms with Crippen molar-refractivity contribution in [1.29, 1.82) is 0 Å². The number of likely N-dealkylation sites (tertiary alicyclic amines) is 1. The largest absolute Gasteiger partial charge is 0.385 e. The molecule has 2 aromatic heterocycles. The van der Waals surface area contributed by atoms with Crippen LogP contribution in [0.3, 0.4) is 0 Å². The lowest BCUT2D eigenvalue weighted by atomic mass is 10.1. The van der Waals surface area contributed by atoms with Crippen molar-refractivity contribution < 1.29 is 0 Å². The Kier molecular flexibility index (Phi) is 2.91. The number of nitrogen functional groups attached to an aromatic ring is 1. The topological polar surface area (TPSA) is 59.5 Å². The molecule has 0 aliphatic carbocycles. The van der Waals surface area contributed by atoms with Gasteiger partial charge in [-0.2, -0.15) is 0 Å². The summed E-state index contributed by atoms with van der Waals surface area (Å²) in [5, 5.41) is 8.48. The van der Waals surface area contributed by atoms with Crippen LogP contribution in [-0.2, 0) is 6.42 Å². The Bertz CT molecular complexity index is 547. The molecule has 1 saturated heterocycles. The van der Waals surface area contributed by atoms with E-state index >= 15 is 0 Å². The van der Waals surface area contributed by atoms with E-state index in [0.29, 0.717) is 11.9 Å². The fourth-order valence-corrected chi connectivity index (χ4v) is 2.91. The standard InChI is InChI=1S/C13H19N5/c1-2-17-8-4-5-10(17)9-13-16-15-12-7-3-6-11(14)18(12)13/h3,6-7,10H,2,4-5,8-9,14H2,1H3. The maximum absolute atomic E-state index is 6.01. The van der Waals surface area contributed by atoms with E-state index in [9.17, 15) is 0 Å². The van der Waals surface area contributed by atoms with Crippen LogP contribution in [0.15, 0.2) is 18.2 Å². The molecular weight excluding hydrogens is 226 g/mol. The lowest BCUT2D eigenvalue weighted by molar-refractivity contribution is 0.263. The first-order chi connectivity index (χ1) is 8.79. The molecule has 3 rings (SSSR count). The Morgan fingerprint density at radius 1 is 1.39 bits per heavy atom. The van der Waals surface area contributed by atoms with Gasteiger partial charge in [0.05, 0.1) is 0 Å². The number of pyridine rings is 1. The van der Waals surface area contributed by atoms with E-state index < -0.39 is 0 Å². The molecule has 18 heavy (non-hydrogen) atoms. The highest BCUT2D eigenvalue weighted by Gasteiger charge is 2.25. The molecule has 2 N–H and O–H groups in total. The molecule has 0 radical (unpaired) electrons. The summed E-state index contributed by atoms with van der Waals surface area (Å²) < 4.78 is 1.96. The molecule has 5 heteroatoms. The summed E-state index contributed by atoms with van der Waals surface area (Å²) in [7, 11) is 0. The van der Waals surface area contributed by atoms with Crippen molar-refractivity contribution in [3.8, 4) is 0 Å². The van der Waals surface area contributed by atoms with E-state index in [4.69, 9.17) is 5.73 Å². The van der Waals surface area contributed by atoms with Crippen molar-refractivity contribution in [3.63, 3.8) is 0 Å². The third-order valence-corrected chi connectivity index (χ3v) is 3.85. The first kappa shape index (κ1) is 11.5. The SMILES string of the molecule is CCN1CCCC1Cc1nnc2cccc(N)n12. The van der Waals surface area contributed by atoms with Gasteiger partial charge < -0.3 is 10.6 Å². The second-order valence-corrected chi connectivity index (χ2v) is 4.89. The van der Waals surface area contributed by atoms with Crippen LogP contribution in [0.2, 0.25) is 0 Å². The second kappa shape index (κ2) is 4.57. The zero-order valence-corrected chi connectivity index (χ0v) is 10.7. The Balaban J connectivity index is 1.91. The van der Waals surface area contributed by atoms with Gasteiger partial charge in [0.1, 0.15) is 11.6 Å². The highest BCUT2D eigenvalue weighted by atomic mass is 15.3. The van der Waals surface area contributed by atoms with Gasteiger partial charge in [0.15, 0.2) is 5.65 Å².